The Hall–Kier alpha value is -2.41. The van der Waals surface area contributed by atoms with Gasteiger partial charge in [0.05, 0.1) is 4.92 Å². The van der Waals surface area contributed by atoms with Gasteiger partial charge in [0.15, 0.2) is 6.10 Å². The Labute approximate surface area is 135 Å². The Morgan fingerprint density at radius 2 is 1.77 bits per heavy atom. The molecule has 22 heavy (non-hydrogen) atoms. The zero-order valence-electron chi connectivity index (χ0n) is 11.7. The summed E-state index contributed by atoms with van der Waals surface area (Å²) in [6.07, 6.45) is -0.698. The van der Waals surface area contributed by atoms with Crippen molar-refractivity contribution in [2.24, 2.45) is 0 Å². The number of nitro groups is 1. The van der Waals surface area contributed by atoms with E-state index in [1.54, 1.807) is 19.1 Å². The van der Waals surface area contributed by atoms with Crippen molar-refractivity contribution in [3.63, 3.8) is 0 Å². The van der Waals surface area contributed by atoms with Crippen molar-refractivity contribution in [1.82, 2.24) is 0 Å². The summed E-state index contributed by atoms with van der Waals surface area (Å²) in [6.45, 7) is 1.63. The number of ether oxygens (including phenoxy) is 1. The fourth-order valence-electron chi connectivity index (χ4n) is 1.68. The summed E-state index contributed by atoms with van der Waals surface area (Å²) in [7, 11) is 0. The largest absolute Gasteiger partial charge is 0.481 e. The molecule has 1 N–H and O–H groups in total. The highest BCUT2D eigenvalue weighted by molar-refractivity contribution is 9.10. The molecule has 1 atom stereocenters. The number of hydrogen-bond acceptors (Lipinski definition) is 4. The maximum atomic E-state index is 12.0. The van der Waals surface area contributed by atoms with Crippen LogP contribution in [0.15, 0.2) is 53.0 Å². The summed E-state index contributed by atoms with van der Waals surface area (Å²) in [6, 6.07) is 12.7. The van der Waals surface area contributed by atoms with Gasteiger partial charge in [-0.3, -0.25) is 14.9 Å². The Bertz CT molecular complexity index is 671. The molecule has 0 bridgehead atoms. The van der Waals surface area contributed by atoms with Crippen molar-refractivity contribution in [3.05, 3.63) is 63.1 Å². The number of rotatable bonds is 5. The zero-order chi connectivity index (χ0) is 16.1. The van der Waals surface area contributed by atoms with Crippen molar-refractivity contribution >= 4 is 33.2 Å². The van der Waals surface area contributed by atoms with E-state index in [4.69, 9.17) is 4.74 Å². The fourth-order valence-corrected chi connectivity index (χ4v) is 1.95. The summed E-state index contributed by atoms with van der Waals surface area (Å²) in [5, 5.41) is 13.2. The van der Waals surface area contributed by atoms with Crippen molar-refractivity contribution in [3.8, 4) is 5.75 Å². The molecule has 0 aliphatic rings. The van der Waals surface area contributed by atoms with Crippen molar-refractivity contribution < 1.29 is 14.5 Å². The third kappa shape index (κ3) is 4.29. The standard InChI is InChI=1S/C15H13BrN2O4/c1-10(22-14-8-2-11(16)3-9-14)15(19)17-12-4-6-13(7-5-12)18(20)21/h2-10H,1H3,(H,17,19)/t10-/m0/s1. The molecule has 1 amide bonds. The maximum Gasteiger partial charge on any atom is 0.269 e. The Morgan fingerprint density at radius 1 is 1.18 bits per heavy atom. The Kier molecular flexibility index (Phi) is 5.11. The predicted molar refractivity (Wildman–Crippen MR) is 86.0 cm³/mol. The lowest BCUT2D eigenvalue weighted by molar-refractivity contribution is -0.384. The molecule has 0 unspecified atom stereocenters. The monoisotopic (exact) mass is 364 g/mol. The molecule has 7 heteroatoms. The van der Waals surface area contributed by atoms with Crippen LogP contribution in [0, 0.1) is 10.1 Å². The fraction of sp³-hybridized carbons (Fsp3) is 0.133. The third-order valence-corrected chi connectivity index (χ3v) is 3.37. The van der Waals surface area contributed by atoms with Gasteiger partial charge in [-0.2, -0.15) is 0 Å². The van der Waals surface area contributed by atoms with Crippen molar-refractivity contribution in [2.75, 3.05) is 5.32 Å². The second-order valence-electron chi connectivity index (χ2n) is 4.51. The van der Waals surface area contributed by atoms with Crippen LogP contribution in [0.4, 0.5) is 11.4 Å². The van der Waals surface area contributed by atoms with Gasteiger partial charge in [-0.25, -0.2) is 0 Å². The van der Waals surface area contributed by atoms with Crippen LogP contribution in [-0.2, 0) is 4.79 Å². The second kappa shape index (κ2) is 7.04. The van der Waals surface area contributed by atoms with Gasteiger partial charge in [0.1, 0.15) is 5.75 Å². The van der Waals surface area contributed by atoms with E-state index in [1.165, 1.54) is 24.3 Å². The highest BCUT2D eigenvalue weighted by atomic mass is 79.9. The van der Waals surface area contributed by atoms with Gasteiger partial charge in [0, 0.05) is 22.3 Å². The average Bonchev–Trinajstić information content (AvgIpc) is 2.50. The van der Waals surface area contributed by atoms with E-state index in [2.05, 4.69) is 21.2 Å². The predicted octanol–water partition coefficient (Wildman–Crippen LogP) is 3.76. The number of nitrogens with zero attached hydrogens (tertiary/aromatic N) is 1. The highest BCUT2D eigenvalue weighted by Crippen LogP contribution is 2.19. The minimum Gasteiger partial charge on any atom is -0.481 e. The number of halogens is 1. The quantitative estimate of drug-likeness (QED) is 0.646. The molecular formula is C15H13BrN2O4. The third-order valence-electron chi connectivity index (χ3n) is 2.84. The van der Waals surface area contributed by atoms with Crippen LogP contribution >= 0.6 is 15.9 Å². The van der Waals surface area contributed by atoms with Gasteiger partial charge in [-0.05, 0) is 43.3 Å². The number of non-ortho nitro benzene ring substituents is 1. The van der Waals surface area contributed by atoms with Crippen LogP contribution in [0.3, 0.4) is 0 Å². The smallest absolute Gasteiger partial charge is 0.269 e. The first kappa shape index (κ1) is 16.0. The summed E-state index contributed by atoms with van der Waals surface area (Å²) in [5.41, 5.74) is 0.444. The summed E-state index contributed by atoms with van der Waals surface area (Å²) < 4.78 is 6.44. The summed E-state index contributed by atoms with van der Waals surface area (Å²) in [5.74, 6) is 0.242. The summed E-state index contributed by atoms with van der Waals surface area (Å²) >= 11 is 3.32. The van der Waals surface area contributed by atoms with E-state index >= 15 is 0 Å². The topological polar surface area (TPSA) is 81.5 Å². The Morgan fingerprint density at radius 3 is 2.32 bits per heavy atom. The van der Waals surface area contributed by atoms with E-state index in [0.29, 0.717) is 11.4 Å². The second-order valence-corrected chi connectivity index (χ2v) is 5.42. The van der Waals surface area contributed by atoms with Gasteiger partial charge in [0.2, 0.25) is 0 Å². The van der Waals surface area contributed by atoms with E-state index in [9.17, 15) is 14.9 Å². The highest BCUT2D eigenvalue weighted by Gasteiger charge is 2.15. The minimum absolute atomic E-state index is 0.0304. The number of nitro benzene ring substituents is 1. The first-order chi connectivity index (χ1) is 10.5. The molecule has 114 valence electrons. The van der Waals surface area contributed by atoms with Crippen LogP contribution in [0.1, 0.15) is 6.92 Å². The molecule has 6 nitrogen and oxygen atoms in total. The molecule has 0 aliphatic heterocycles. The zero-order valence-corrected chi connectivity index (χ0v) is 13.2. The SMILES string of the molecule is C[C@H](Oc1ccc(Br)cc1)C(=O)Nc1ccc([N+](=O)[O-])cc1. The van der Waals surface area contributed by atoms with Crippen LogP contribution in [-0.4, -0.2) is 16.9 Å². The lowest BCUT2D eigenvalue weighted by Gasteiger charge is -2.14. The molecule has 0 radical (unpaired) electrons. The maximum absolute atomic E-state index is 12.0. The number of benzene rings is 2. The summed E-state index contributed by atoms with van der Waals surface area (Å²) in [4.78, 5) is 22.1. The molecule has 0 fully saturated rings. The van der Waals surface area contributed by atoms with Crippen LogP contribution in [0.25, 0.3) is 0 Å². The molecule has 2 aromatic carbocycles. The van der Waals surface area contributed by atoms with Crippen LogP contribution in [0.5, 0.6) is 5.75 Å². The van der Waals surface area contributed by atoms with Gasteiger partial charge in [-0.1, -0.05) is 15.9 Å². The average molecular weight is 365 g/mol. The van der Waals surface area contributed by atoms with Gasteiger partial charge in [0.25, 0.3) is 11.6 Å². The van der Waals surface area contributed by atoms with E-state index in [1.807, 2.05) is 12.1 Å². The van der Waals surface area contributed by atoms with Crippen LogP contribution in [0.2, 0.25) is 0 Å². The lowest BCUT2D eigenvalue weighted by Crippen LogP contribution is -2.30. The molecule has 0 aromatic heterocycles. The van der Waals surface area contributed by atoms with Crippen LogP contribution < -0.4 is 10.1 Å². The number of hydrogen-bond donors (Lipinski definition) is 1. The number of nitrogens with one attached hydrogen (secondary N) is 1. The molecule has 2 rings (SSSR count). The molecule has 0 saturated carbocycles. The molecule has 0 aliphatic carbocycles. The molecular weight excluding hydrogens is 352 g/mol. The first-order valence-corrected chi connectivity index (χ1v) is 7.22. The Balaban J connectivity index is 1.95. The molecule has 2 aromatic rings. The number of anilines is 1. The van der Waals surface area contributed by atoms with Gasteiger partial charge < -0.3 is 10.1 Å². The molecule has 0 heterocycles. The number of amides is 1. The van der Waals surface area contributed by atoms with Gasteiger partial charge in [-0.15, -0.1) is 0 Å². The van der Waals surface area contributed by atoms with E-state index in [-0.39, 0.29) is 11.6 Å². The van der Waals surface area contributed by atoms with Gasteiger partial charge >= 0.3 is 0 Å². The number of carbonyl (C=O) groups excluding carboxylic acids is 1. The van der Waals surface area contributed by atoms with Crippen molar-refractivity contribution in [2.45, 2.75) is 13.0 Å². The van der Waals surface area contributed by atoms with E-state index < -0.39 is 11.0 Å². The van der Waals surface area contributed by atoms with E-state index in [0.717, 1.165) is 4.47 Å². The van der Waals surface area contributed by atoms with Crippen molar-refractivity contribution in [1.29, 1.82) is 0 Å². The minimum atomic E-state index is -0.698. The molecule has 0 saturated heterocycles. The lowest BCUT2D eigenvalue weighted by atomic mass is 10.2. The normalized spacial score (nSPS) is 11.5. The number of carbonyl (C=O) groups is 1. The first-order valence-electron chi connectivity index (χ1n) is 6.43. The molecule has 0 spiro atoms.